The molecule has 1 aliphatic heterocycles. The zero-order chi connectivity index (χ0) is 20.3. The first kappa shape index (κ1) is 19.7. The number of rotatable bonds is 6. The number of aromatic nitrogens is 1. The van der Waals surface area contributed by atoms with E-state index in [0.29, 0.717) is 13.1 Å². The highest BCUT2D eigenvalue weighted by atomic mass is 19.4. The van der Waals surface area contributed by atoms with Crippen LogP contribution < -0.4 is 10.1 Å². The fourth-order valence-electron chi connectivity index (χ4n) is 2.82. The SMILES string of the molecule is CCN1C[C@@H](NC(=O)c2coc(COc3cccc(C(F)(F)F)c3)n2)CC1=O. The summed E-state index contributed by atoms with van der Waals surface area (Å²) >= 11 is 0. The fourth-order valence-corrected chi connectivity index (χ4v) is 2.82. The van der Waals surface area contributed by atoms with Crippen molar-refractivity contribution in [2.24, 2.45) is 0 Å². The van der Waals surface area contributed by atoms with Gasteiger partial charge < -0.3 is 19.4 Å². The Morgan fingerprint density at radius 1 is 1.43 bits per heavy atom. The highest BCUT2D eigenvalue weighted by Crippen LogP contribution is 2.31. The third-order valence-electron chi connectivity index (χ3n) is 4.24. The lowest BCUT2D eigenvalue weighted by atomic mass is 10.2. The van der Waals surface area contributed by atoms with Gasteiger partial charge in [0.05, 0.1) is 11.6 Å². The van der Waals surface area contributed by atoms with Crippen molar-refractivity contribution in [1.29, 1.82) is 0 Å². The number of likely N-dealkylation sites (tertiary alicyclic amines) is 1. The summed E-state index contributed by atoms with van der Waals surface area (Å²) in [5.41, 5.74) is -0.824. The number of likely N-dealkylation sites (N-methyl/N-ethyl adjacent to an activating group) is 1. The van der Waals surface area contributed by atoms with Gasteiger partial charge in [-0.05, 0) is 25.1 Å². The minimum absolute atomic E-state index is 0.00292. The Bertz CT molecular complexity index is 866. The predicted molar refractivity (Wildman–Crippen MR) is 90.4 cm³/mol. The average molecular weight is 397 g/mol. The van der Waals surface area contributed by atoms with Crippen molar-refractivity contribution in [3.05, 3.63) is 47.7 Å². The van der Waals surface area contributed by atoms with Gasteiger partial charge in [-0.1, -0.05) is 6.07 Å². The molecule has 1 N–H and O–H groups in total. The number of carbonyl (C=O) groups excluding carboxylic acids is 2. The van der Waals surface area contributed by atoms with Crippen LogP contribution in [-0.4, -0.2) is 40.8 Å². The van der Waals surface area contributed by atoms with Crippen molar-refractivity contribution in [3.8, 4) is 5.75 Å². The first-order valence-electron chi connectivity index (χ1n) is 8.59. The maximum absolute atomic E-state index is 12.7. The van der Waals surface area contributed by atoms with Crippen LogP contribution in [0, 0.1) is 0 Å². The maximum atomic E-state index is 12.7. The minimum atomic E-state index is -4.47. The van der Waals surface area contributed by atoms with E-state index in [0.717, 1.165) is 18.4 Å². The number of amides is 2. The molecule has 150 valence electrons. The van der Waals surface area contributed by atoms with E-state index in [4.69, 9.17) is 9.15 Å². The van der Waals surface area contributed by atoms with Gasteiger partial charge in [0.2, 0.25) is 11.8 Å². The molecule has 1 fully saturated rings. The Hall–Kier alpha value is -3.04. The van der Waals surface area contributed by atoms with E-state index in [2.05, 4.69) is 10.3 Å². The molecule has 1 saturated heterocycles. The largest absolute Gasteiger partial charge is 0.484 e. The molecule has 10 heteroatoms. The summed E-state index contributed by atoms with van der Waals surface area (Å²) in [4.78, 5) is 29.5. The number of alkyl halides is 3. The topological polar surface area (TPSA) is 84.7 Å². The van der Waals surface area contributed by atoms with Crippen LogP contribution in [0.25, 0.3) is 0 Å². The lowest BCUT2D eigenvalue weighted by Crippen LogP contribution is -2.37. The van der Waals surface area contributed by atoms with Gasteiger partial charge in [-0.3, -0.25) is 9.59 Å². The zero-order valence-electron chi connectivity index (χ0n) is 15.0. The van der Waals surface area contributed by atoms with Crippen molar-refractivity contribution >= 4 is 11.8 Å². The number of hydrogen-bond donors (Lipinski definition) is 1. The van der Waals surface area contributed by atoms with Crippen LogP contribution in [0.4, 0.5) is 13.2 Å². The molecule has 2 aromatic rings. The van der Waals surface area contributed by atoms with E-state index < -0.39 is 17.6 Å². The molecule has 28 heavy (non-hydrogen) atoms. The highest BCUT2D eigenvalue weighted by Gasteiger charge is 2.31. The third-order valence-corrected chi connectivity index (χ3v) is 4.24. The summed E-state index contributed by atoms with van der Waals surface area (Å²) in [6, 6.07) is 4.11. The number of ether oxygens (including phenoxy) is 1. The second kappa shape index (κ2) is 7.91. The second-order valence-electron chi connectivity index (χ2n) is 6.25. The molecular weight excluding hydrogens is 379 g/mol. The van der Waals surface area contributed by atoms with Crippen molar-refractivity contribution in [2.45, 2.75) is 32.2 Å². The van der Waals surface area contributed by atoms with Gasteiger partial charge in [-0.2, -0.15) is 13.2 Å². The molecular formula is C18H18F3N3O4. The summed E-state index contributed by atoms with van der Waals surface area (Å²) < 4.78 is 48.5. The molecule has 1 aromatic carbocycles. The smallest absolute Gasteiger partial charge is 0.416 e. The molecule has 0 unspecified atom stereocenters. The van der Waals surface area contributed by atoms with E-state index in [1.807, 2.05) is 6.92 Å². The van der Waals surface area contributed by atoms with Crippen LogP contribution in [0.5, 0.6) is 5.75 Å². The lowest BCUT2D eigenvalue weighted by Gasteiger charge is -2.13. The minimum Gasteiger partial charge on any atom is -0.484 e. The van der Waals surface area contributed by atoms with Crippen LogP contribution in [0.2, 0.25) is 0 Å². The monoisotopic (exact) mass is 397 g/mol. The van der Waals surface area contributed by atoms with E-state index in [1.54, 1.807) is 4.90 Å². The summed E-state index contributed by atoms with van der Waals surface area (Å²) in [5, 5.41) is 2.71. The molecule has 2 heterocycles. The molecule has 0 radical (unpaired) electrons. The van der Waals surface area contributed by atoms with Gasteiger partial charge in [0.1, 0.15) is 12.0 Å². The van der Waals surface area contributed by atoms with E-state index in [1.165, 1.54) is 12.1 Å². The normalized spacial score (nSPS) is 17.1. The lowest BCUT2D eigenvalue weighted by molar-refractivity contribution is -0.137. The number of hydrogen-bond acceptors (Lipinski definition) is 5. The number of oxazole rings is 1. The number of carbonyl (C=O) groups is 2. The quantitative estimate of drug-likeness (QED) is 0.810. The van der Waals surface area contributed by atoms with E-state index in [-0.39, 0.29) is 42.3 Å². The van der Waals surface area contributed by atoms with Gasteiger partial charge >= 0.3 is 6.18 Å². The molecule has 0 bridgehead atoms. The molecule has 2 amide bonds. The first-order chi connectivity index (χ1) is 13.3. The zero-order valence-corrected chi connectivity index (χ0v) is 15.0. The highest BCUT2D eigenvalue weighted by molar-refractivity contribution is 5.93. The Morgan fingerprint density at radius 2 is 2.21 bits per heavy atom. The third kappa shape index (κ3) is 4.62. The standard InChI is InChI=1S/C18H18F3N3O4/c1-2-24-8-12(7-16(24)25)22-17(26)14-9-28-15(23-14)10-27-13-5-3-4-11(6-13)18(19,20)21/h3-6,9,12H,2,7-8,10H2,1H3,(H,22,26)/t12-/m0/s1. The first-order valence-corrected chi connectivity index (χ1v) is 8.59. The van der Waals surface area contributed by atoms with Crippen LogP contribution >= 0.6 is 0 Å². The van der Waals surface area contributed by atoms with Crippen molar-refractivity contribution < 1.29 is 31.9 Å². The van der Waals surface area contributed by atoms with Gasteiger partial charge in [0, 0.05) is 19.5 Å². The molecule has 0 aliphatic carbocycles. The predicted octanol–water partition coefficient (Wildman–Crippen LogP) is 2.62. The van der Waals surface area contributed by atoms with E-state index in [9.17, 15) is 22.8 Å². The Kier molecular flexibility index (Phi) is 5.57. The van der Waals surface area contributed by atoms with Gasteiger partial charge in [-0.15, -0.1) is 0 Å². The van der Waals surface area contributed by atoms with Crippen LogP contribution in [0.3, 0.4) is 0 Å². The Morgan fingerprint density at radius 3 is 2.89 bits per heavy atom. The van der Waals surface area contributed by atoms with Crippen molar-refractivity contribution in [1.82, 2.24) is 15.2 Å². The molecule has 7 nitrogen and oxygen atoms in total. The number of nitrogens with one attached hydrogen (secondary N) is 1. The summed E-state index contributed by atoms with van der Waals surface area (Å²) in [7, 11) is 0. The summed E-state index contributed by atoms with van der Waals surface area (Å²) in [5.74, 6) is -0.476. The Labute approximate surface area is 158 Å². The summed E-state index contributed by atoms with van der Waals surface area (Å²) in [6.07, 6.45) is -3.11. The molecule has 1 aliphatic rings. The molecule has 0 saturated carbocycles. The summed E-state index contributed by atoms with van der Waals surface area (Å²) in [6.45, 7) is 2.63. The molecule has 3 rings (SSSR count). The maximum Gasteiger partial charge on any atom is 0.416 e. The molecule has 0 spiro atoms. The van der Waals surface area contributed by atoms with Gasteiger partial charge in [0.25, 0.3) is 5.91 Å². The number of nitrogens with zero attached hydrogens (tertiary/aromatic N) is 2. The van der Waals surface area contributed by atoms with Crippen LogP contribution in [0.15, 0.2) is 34.9 Å². The number of benzene rings is 1. The van der Waals surface area contributed by atoms with Crippen LogP contribution in [0.1, 0.15) is 35.3 Å². The van der Waals surface area contributed by atoms with Crippen molar-refractivity contribution in [3.63, 3.8) is 0 Å². The van der Waals surface area contributed by atoms with Gasteiger partial charge in [-0.25, -0.2) is 4.98 Å². The molecule has 1 aromatic heterocycles. The van der Waals surface area contributed by atoms with Crippen LogP contribution in [-0.2, 0) is 17.6 Å². The van der Waals surface area contributed by atoms with Gasteiger partial charge in [0.15, 0.2) is 12.3 Å². The fraction of sp³-hybridized carbons (Fsp3) is 0.389. The van der Waals surface area contributed by atoms with Crippen molar-refractivity contribution in [2.75, 3.05) is 13.1 Å². The average Bonchev–Trinajstić information content (AvgIpc) is 3.26. The Balaban J connectivity index is 1.56. The van der Waals surface area contributed by atoms with E-state index >= 15 is 0 Å². The number of halogens is 3. The molecule has 1 atom stereocenters. The second-order valence-corrected chi connectivity index (χ2v) is 6.25.